The lowest BCUT2D eigenvalue weighted by molar-refractivity contribution is 0.794. The molecule has 0 spiro atoms. The molecule has 2 aromatic heterocycles. The van der Waals surface area contributed by atoms with Gasteiger partial charge in [0.1, 0.15) is 0 Å². The fourth-order valence-electron chi connectivity index (χ4n) is 1.97. The fraction of sp³-hybridized carbons (Fsp3) is 0.353. The van der Waals surface area contributed by atoms with E-state index in [1.807, 2.05) is 37.4 Å². The van der Waals surface area contributed by atoms with E-state index in [0.717, 1.165) is 36.9 Å². The Labute approximate surface area is 131 Å². The standard InChI is InChI=1S/C17H23N5/c1-3-18-17(22-13-16-6-4-5-10-19-16)20-11-9-15-8-7-14(2)21-12-15/h4-8,10,12H,3,9,11,13H2,1-2H3,(H2,18,20,22). The minimum atomic E-state index is 0.572. The molecule has 0 atom stereocenters. The molecular weight excluding hydrogens is 274 g/mol. The van der Waals surface area contributed by atoms with Crippen molar-refractivity contribution in [3.8, 4) is 0 Å². The molecule has 22 heavy (non-hydrogen) atoms. The monoisotopic (exact) mass is 297 g/mol. The van der Waals surface area contributed by atoms with Crippen molar-refractivity contribution in [1.29, 1.82) is 0 Å². The van der Waals surface area contributed by atoms with Crippen LogP contribution in [0, 0.1) is 6.92 Å². The molecule has 2 rings (SSSR count). The van der Waals surface area contributed by atoms with Crippen LogP contribution in [0.4, 0.5) is 0 Å². The molecule has 0 saturated heterocycles. The molecule has 5 heteroatoms. The second-order valence-electron chi connectivity index (χ2n) is 5.00. The third-order valence-corrected chi connectivity index (χ3v) is 3.15. The summed E-state index contributed by atoms with van der Waals surface area (Å²) < 4.78 is 0. The van der Waals surface area contributed by atoms with Crippen LogP contribution in [0.25, 0.3) is 0 Å². The van der Waals surface area contributed by atoms with E-state index in [-0.39, 0.29) is 0 Å². The van der Waals surface area contributed by atoms with E-state index in [1.54, 1.807) is 6.20 Å². The van der Waals surface area contributed by atoms with Crippen LogP contribution < -0.4 is 10.6 Å². The molecule has 0 bridgehead atoms. The van der Waals surface area contributed by atoms with Gasteiger partial charge in [0.15, 0.2) is 5.96 Å². The average Bonchev–Trinajstić information content (AvgIpc) is 2.55. The van der Waals surface area contributed by atoms with Gasteiger partial charge in [0.2, 0.25) is 0 Å². The van der Waals surface area contributed by atoms with Crippen molar-refractivity contribution in [2.24, 2.45) is 4.99 Å². The minimum Gasteiger partial charge on any atom is -0.357 e. The molecule has 116 valence electrons. The Kier molecular flexibility index (Phi) is 6.36. The van der Waals surface area contributed by atoms with Gasteiger partial charge in [0.25, 0.3) is 0 Å². The highest BCUT2D eigenvalue weighted by Crippen LogP contribution is 1.99. The van der Waals surface area contributed by atoms with Crippen LogP contribution in [0.15, 0.2) is 47.7 Å². The Balaban J connectivity index is 1.84. The van der Waals surface area contributed by atoms with E-state index in [1.165, 1.54) is 5.56 Å². The number of guanidine groups is 1. The van der Waals surface area contributed by atoms with Crippen LogP contribution in [-0.4, -0.2) is 29.0 Å². The number of aromatic nitrogens is 2. The molecule has 0 saturated carbocycles. The summed E-state index contributed by atoms with van der Waals surface area (Å²) >= 11 is 0. The first-order valence-corrected chi connectivity index (χ1v) is 7.61. The average molecular weight is 297 g/mol. The first kappa shape index (κ1) is 15.9. The largest absolute Gasteiger partial charge is 0.357 e. The zero-order chi connectivity index (χ0) is 15.6. The van der Waals surface area contributed by atoms with Crippen molar-refractivity contribution in [3.05, 3.63) is 59.7 Å². The molecule has 2 N–H and O–H groups in total. The summed E-state index contributed by atoms with van der Waals surface area (Å²) in [5, 5.41) is 6.58. The summed E-state index contributed by atoms with van der Waals surface area (Å²) in [6.07, 6.45) is 4.63. The predicted molar refractivity (Wildman–Crippen MR) is 89.7 cm³/mol. The van der Waals surface area contributed by atoms with Gasteiger partial charge in [-0.05, 0) is 44.0 Å². The van der Waals surface area contributed by atoms with Crippen molar-refractivity contribution in [3.63, 3.8) is 0 Å². The van der Waals surface area contributed by atoms with E-state index >= 15 is 0 Å². The van der Waals surface area contributed by atoms with Crippen LogP contribution in [0.5, 0.6) is 0 Å². The first-order valence-electron chi connectivity index (χ1n) is 7.61. The molecule has 2 heterocycles. The highest BCUT2D eigenvalue weighted by atomic mass is 15.2. The topological polar surface area (TPSA) is 62.2 Å². The summed E-state index contributed by atoms with van der Waals surface area (Å²) in [7, 11) is 0. The third-order valence-electron chi connectivity index (χ3n) is 3.15. The van der Waals surface area contributed by atoms with E-state index in [9.17, 15) is 0 Å². The van der Waals surface area contributed by atoms with Gasteiger partial charge < -0.3 is 10.6 Å². The summed E-state index contributed by atoms with van der Waals surface area (Å²) in [4.78, 5) is 13.1. The maximum Gasteiger partial charge on any atom is 0.191 e. The summed E-state index contributed by atoms with van der Waals surface area (Å²) in [5.74, 6) is 0.813. The highest BCUT2D eigenvalue weighted by Gasteiger charge is 1.99. The van der Waals surface area contributed by atoms with E-state index < -0.39 is 0 Å². The number of pyridine rings is 2. The van der Waals surface area contributed by atoms with Crippen LogP contribution in [0.3, 0.4) is 0 Å². The number of rotatable bonds is 6. The van der Waals surface area contributed by atoms with Gasteiger partial charge in [-0.25, -0.2) is 4.99 Å². The molecular formula is C17H23N5. The predicted octanol–water partition coefficient (Wildman–Crippen LogP) is 2.08. The van der Waals surface area contributed by atoms with E-state index in [2.05, 4.69) is 38.6 Å². The number of nitrogens with one attached hydrogen (secondary N) is 2. The first-order chi connectivity index (χ1) is 10.8. The lowest BCUT2D eigenvalue weighted by atomic mass is 10.2. The van der Waals surface area contributed by atoms with E-state index in [4.69, 9.17) is 0 Å². The normalized spacial score (nSPS) is 11.3. The van der Waals surface area contributed by atoms with Gasteiger partial charge in [-0.2, -0.15) is 0 Å². The van der Waals surface area contributed by atoms with Gasteiger partial charge in [-0.15, -0.1) is 0 Å². The maximum absolute atomic E-state index is 4.55. The Morgan fingerprint density at radius 1 is 1.14 bits per heavy atom. The Morgan fingerprint density at radius 3 is 2.73 bits per heavy atom. The molecule has 0 aromatic carbocycles. The maximum atomic E-state index is 4.55. The van der Waals surface area contributed by atoms with Crippen LogP contribution in [0.2, 0.25) is 0 Å². The van der Waals surface area contributed by atoms with E-state index in [0.29, 0.717) is 6.54 Å². The zero-order valence-corrected chi connectivity index (χ0v) is 13.2. The van der Waals surface area contributed by atoms with Crippen molar-refractivity contribution < 1.29 is 0 Å². The quantitative estimate of drug-likeness (QED) is 0.633. The number of aryl methyl sites for hydroxylation is 1. The number of hydrogen-bond donors (Lipinski definition) is 2. The third kappa shape index (κ3) is 5.52. The number of aliphatic imine (C=N–C) groups is 1. The van der Waals surface area contributed by atoms with Gasteiger partial charge in [-0.1, -0.05) is 12.1 Å². The Hall–Kier alpha value is -2.43. The highest BCUT2D eigenvalue weighted by molar-refractivity contribution is 5.79. The Morgan fingerprint density at radius 2 is 2.05 bits per heavy atom. The summed E-state index contributed by atoms with van der Waals surface area (Å²) in [6, 6.07) is 10.0. The van der Waals surface area contributed by atoms with Crippen molar-refractivity contribution >= 4 is 5.96 Å². The van der Waals surface area contributed by atoms with Gasteiger partial charge in [-0.3, -0.25) is 9.97 Å². The molecule has 0 aliphatic carbocycles. The zero-order valence-electron chi connectivity index (χ0n) is 13.2. The molecule has 0 aliphatic rings. The fourth-order valence-corrected chi connectivity index (χ4v) is 1.97. The molecule has 0 aliphatic heterocycles. The SMILES string of the molecule is CCNC(=NCc1ccccn1)NCCc1ccc(C)nc1. The van der Waals surface area contributed by atoms with Gasteiger partial charge in [0, 0.05) is 31.2 Å². The van der Waals surface area contributed by atoms with Gasteiger partial charge in [0.05, 0.1) is 12.2 Å². The van der Waals surface area contributed by atoms with Crippen LogP contribution >= 0.6 is 0 Å². The lowest BCUT2D eigenvalue weighted by Crippen LogP contribution is -2.38. The minimum absolute atomic E-state index is 0.572. The van der Waals surface area contributed by atoms with Crippen molar-refractivity contribution in [2.75, 3.05) is 13.1 Å². The lowest BCUT2D eigenvalue weighted by Gasteiger charge is -2.11. The number of hydrogen-bond acceptors (Lipinski definition) is 3. The molecule has 0 unspecified atom stereocenters. The van der Waals surface area contributed by atoms with Gasteiger partial charge >= 0.3 is 0 Å². The molecule has 0 amide bonds. The second-order valence-corrected chi connectivity index (χ2v) is 5.00. The molecule has 0 fully saturated rings. The van der Waals surface area contributed by atoms with Crippen LogP contribution in [0.1, 0.15) is 23.9 Å². The number of nitrogens with zero attached hydrogens (tertiary/aromatic N) is 3. The van der Waals surface area contributed by atoms with Crippen molar-refractivity contribution in [1.82, 2.24) is 20.6 Å². The molecule has 5 nitrogen and oxygen atoms in total. The second kappa shape index (κ2) is 8.77. The Bertz CT molecular complexity index is 578. The smallest absolute Gasteiger partial charge is 0.191 e. The molecule has 0 radical (unpaired) electrons. The van der Waals surface area contributed by atoms with Crippen LogP contribution in [-0.2, 0) is 13.0 Å². The summed E-state index contributed by atoms with van der Waals surface area (Å²) in [5.41, 5.74) is 3.23. The van der Waals surface area contributed by atoms with Crippen molar-refractivity contribution in [2.45, 2.75) is 26.8 Å². The molecule has 2 aromatic rings. The summed E-state index contributed by atoms with van der Waals surface area (Å²) in [6.45, 7) is 6.28.